The monoisotopic (exact) mass is 443 g/mol. The van der Waals surface area contributed by atoms with Gasteiger partial charge in [-0.25, -0.2) is 9.97 Å². The number of anilines is 1. The summed E-state index contributed by atoms with van der Waals surface area (Å²) >= 11 is 7.10. The molecule has 0 aliphatic carbocycles. The number of aromatic nitrogens is 2. The maximum Gasteiger partial charge on any atom is 0.417 e. The third-order valence-corrected chi connectivity index (χ3v) is 4.48. The molecule has 0 saturated carbocycles. The van der Waals surface area contributed by atoms with E-state index in [0.717, 1.165) is 6.07 Å². The molecular weight excluding hydrogens is 431 g/mol. The summed E-state index contributed by atoms with van der Waals surface area (Å²) in [5.74, 6) is 0.155. The molecule has 0 saturated heterocycles. The standard InChI is InChI=1S/C18H13ClF3N3O3S/c1-10(15(26)25-17-23-6-7-29-17)27-12-2-4-13(5-3-12)28-16-14(19)8-11(9-24-16)18(20,21)22/h2-10H,1H3,(H,23,25,26). The van der Waals surface area contributed by atoms with E-state index in [2.05, 4.69) is 15.3 Å². The van der Waals surface area contributed by atoms with E-state index < -0.39 is 17.8 Å². The van der Waals surface area contributed by atoms with Crippen molar-refractivity contribution in [1.29, 1.82) is 0 Å². The first kappa shape index (κ1) is 20.9. The van der Waals surface area contributed by atoms with E-state index in [0.29, 0.717) is 17.1 Å². The van der Waals surface area contributed by atoms with Gasteiger partial charge in [0.25, 0.3) is 5.91 Å². The van der Waals surface area contributed by atoms with Gasteiger partial charge < -0.3 is 9.47 Å². The van der Waals surface area contributed by atoms with Gasteiger partial charge in [0.2, 0.25) is 5.88 Å². The fourth-order valence-electron chi connectivity index (χ4n) is 2.10. The first-order chi connectivity index (χ1) is 13.7. The molecule has 0 bridgehead atoms. The average molecular weight is 444 g/mol. The van der Waals surface area contributed by atoms with Crippen LogP contribution in [0.25, 0.3) is 0 Å². The summed E-state index contributed by atoms with van der Waals surface area (Å²) in [6, 6.07) is 6.85. The number of benzene rings is 1. The normalized spacial score (nSPS) is 12.3. The number of ether oxygens (including phenoxy) is 2. The summed E-state index contributed by atoms with van der Waals surface area (Å²) in [5.41, 5.74) is -0.969. The number of pyridine rings is 1. The highest BCUT2D eigenvalue weighted by molar-refractivity contribution is 7.13. The molecular formula is C18H13ClF3N3O3S. The molecule has 2 aromatic heterocycles. The lowest BCUT2D eigenvalue weighted by Crippen LogP contribution is -2.30. The predicted octanol–water partition coefficient (Wildman–Crippen LogP) is 5.41. The molecule has 1 N–H and O–H groups in total. The molecule has 1 amide bonds. The van der Waals surface area contributed by atoms with Gasteiger partial charge in [0.05, 0.1) is 5.56 Å². The Hall–Kier alpha value is -2.85. The molecule has 0 spiro atoms. The van der Waals surface area contributed by atoms with Crippen molar-refractivity contribution in [2.24, 2.45) is 0 Å². The molecule has 11 heteroatoms. The molecule has 29 heavy (non-hydrogen) atoms. The van der Waals surface area contributed by atoms with Crippen LogP contribution in [0.1, 0.15) is 12.5 Å². The predicted molar refractivity (Wildman–Crippen MR) is 102 cm³/mol. The van der Waals surface area contributed by atoms with Crippen molar-refractivity contribution in [1.82, 2.24) is 9.97 Å². The minimum Gasteiger partial charge on any atom is -0.481 e. The fourth-order valence-corrected chi connectivity index (χ4v) is 2.84. The largest absolute Gasteiger partial charge is 0.481 e. The van der Waals surface area contributed by atoms with Crippen LogP contribution in [0.15, 0.2) is 48.1 Å². The van der Waals surface area contributed by atoms with Crippen molar-refractivity contribution >= 4 is 34.0 Å². The molecule has 152 valence electrons. The van der Waals surface area contributed by atoms with Crippen LogP contribution >= 0.6 is 22.9 Å². The maximum absolute atomic E-state index is 12.7. The zero-order valence-corrected chi connectivity index (χ0v) is 16.3. The Morgan fingerprint density at radius 3 is 2.48 bits per heavy atom. The number of alkyl halides is 3. The third kappa shape index (κ3) is 5.58. The van der Waals surface area contributed by atoms with Gasteiger partial charge in [-0.05, 0) is 37.3 Å². The Balaban J connectivity index is 1.61. The van der Waals surface area contributed by atoms with Gasteiger partial charge in [-0.2, -0.15) is 13.2 Å². The first-order valence-corrected chi connectivity index (χ1v) is 9.36. The lowest BCUT2D eigenvalue weighted by Gasteiger charge is -2.14. The topological polar surface area (TPSA) is 73.3 Å². The van der Waals surface area contributed by atoms with Gasteiger partial charge in [-0.3, -0.25) is 10.1 Å². The number of carbonyl (C=O) groups excluding carboxylic acids is 1. The third-order valence-electron chi connectivity index (χ3n) is 3.52. The molecule has 1 aromatic carbocycles. The number of amides is 1. The molecule has 0 aliphatic rings. The summed E-state index contributed by atoms with van der Waals surface area (Å²) in [6.07, 6.45) is -3.11. The number of nitrogens with one attached hydrogen (secondary N) is 1. The van der Waals surface area contributed by atoms with Gasteiger partial charge >= 0.3 is 6.18 Å². The van der Waals surface area contributed by atoms with E-state index >= 15 is 0 Å². The van der Waals surface area contributed by atoms with Crippen LogP contribution in [0.3, 0.4) is 0 Å². The highest BCUT2D eigenvalue weighted by Crippen LogP contribution is 2.34. The van der Waals surface area contributed by atoms with Crippen LogP contribution in [0, 0.1) is 0 Å². The highest BCUT2D eigenvalue weighted by atomic mass is 35.5. The molecule has 0 aliphatic heterocycles. The number of hydrogen-bond donors (Lipinski definition) is 1. The van der Waals surface area contributed by atoms with Gasteiger partial charge in [-0.15, -0.1) is 11.3 Å². The van der Waals surface area contributed by atoms with Crippen molar-refractivity contribution in [3.05, 3.63) is 58.7 Å². The Morgan fingerprint density at radius 2 is 1.90 bits per heavy atom. The number of thiazole rings is 1. The van der Waals surface area contributed by atoms with Crippen LogP contribution in [0.2, 0.25) is 5.02 Å². The Kier molecular flexibility index (Phi) is 6.23. The zero-order valence-electron chi connectivity index (χ0n) is 14.7. The second kappa shape index (κ2) is 8.66. The molecule has 1 unspecified atom stereocenters. The van der Waals surface area contributed by atoms with Crippen molar-refractivity contribution in [3.63, 3.8) is 0 Å². The number of carbonyl (C=O) groups is 1. The number of halogens is 4. The van der Waals surface area contributed by atoms with Crippen molar-refractivity contribution in [3.8, 4) is 17.4 Å². The Bertz CT molecular complexity index is 982. The lowest BCUT2D eigenvalue weighted by molar-refractivity contribution is -0.137. The minimum absolute atomic E-state index is 0.162. The van der Waals surface area contributed by atoms with E-state index in [1.165, 1.54) is 23.5 Å². The number of hydrogen-bond acceptors (Lipinski definition) is 6. The van der Waals surface area contributed by atoms with Crippen molar-refractivity contribution in [2.45, 2.75) is 19.2 Å². The summed E-state index contributed by atoms with van der Waals surface area (Å²) in [5, 5.41) is 4.55. The number of nitrogens with zero attached hydrogens (tertiary/aromatic N) is 2. The van der Waals surface area contributed by atoms with Crippen LogP contribution in [-0.4, -0.2) is 22.0 Å². The van der Waals surface area contributed by atoms with E-state index in [9.17, 15) is 18.0 Å². The van der Waals surface area contributed by atoms with Crippen molar-refractivity contribution in [2.75, 3.05) is 5.32 Å². The maximum atomic E-state index is 12.7. The fraction of sp³-hybridized carbons (Fsp3) is 0.167. The second-order valence-corrected chi connectivity index (χ2v) is 6.97. The quantitative estimate of drug-likeness (QED) is 0.551. The van der Waals surface area contributed by atoms with Crippen molar-refractivity contribution < 1.29 is 27.4 Å². The van der Waals surface area contributed by atoms with E-state index in [1.807, 2.05) is 0 Å². The van der Waals surface area contributed by atoms with Crippen LogP contribution in [0.5, 0.6) is 17.4 Å². The molecule has 3 aromatic rings. The molecule has 0 radical (unpaired) electrons. The van der Waals surface area contributed by atoms with Crippen LogP contribution < -0.4 is 14.8 Å². The molecule has 2 heterocycles. The van der Waals surface area contributed by atoms with Crippen LogP contribution in [0.4, 0.5) is 18.3 Å². The zero-order chi connectivity index (χ0) is 21.0. The molecule has 1 atom stereocenters. The molecule has 0 fully saturated rings. The molecule has 3 rings (SSSR count). The summed E-state index contributed by atoms with van der Waals surface area (Å²) < 4.78 is 48.9. The van der Waals surface area contributed by atoms with E-state index in [-0.39, 0.29) is 22.6 Å². The second-order valence-electron chi connectivity index (χ2n) is 5.67. The van der Waals surface area contributed by atoms with Gasteiger partial charge in [0, 0.05) is 17.8 Å². The Labute approximate surface area is 172 Å². The van der Waals surface area contributed by atoms with Gasteiger partial charge in [0.15, 0.2) is 11.2 Å². The van der Waals surface area contributed by atoms with Gasteiger partial charge in [-0.1, -0.05) is 11.6 Å². The average Bonchev–Trinajstić information content (AvgIpc) is 3.17. The first-order valence-electron chi connectivity index (χ1n) is 8.10. The highest BCUT2D eigenvalue weighted by Gasteiger charge is 2.31. The minimum atomic E-state index is -4.54. The summed E-state index contributed by atoms with van der Waals surface area (Å²) in [7, 11) is 0. The Morgan fingerprint density at radius 1 is 1.21 bits per heavy atom. The number of rotatable bonds is 6. The van der Waals surface area contributed by atoms with E-state index in [1.54, 1.807) is 30.6 Å². The smallest absolute Gasteiger partial charge is 0.417 e. The lowest BCUT2D eigenvalue weighted by atomic mass is 10.3. The van der Waals surface area contributed by atoms with Gasteiger partial charge in [0.1, 0.15) is 16.5 Å². The van der Waals surface area contributed by atoms with E-state index in [4.69, 9.17) is 21.1 Å². The summed E-state index contributed by atoms with van der Waals surface area (Å²) in [6.45, 7) is 1.58. The van der Waals surface area contributed by atoms with Crippen LogP contribution in [-0.2, 0) is 11.0 Å². The summed E-state index contributed by atoms with van der Waals surface area (Å²) in [4.78, 5) is 19.6. The SMILES string of the molecule is CC(Oc1ccc(Oc2ncc(C(F)(F)F)cc2Cl)cc1)C(=O)Nc1nccs1. The molecule has 6 nitrogen and oxygen atoms in total.